The van der Waals surface area contributed by atoms with Crippen molar-refractivity contribution in [1.82, 2.24) is 0 Å². The van der Waals surface area contributed by atoms with Crippen LogP contribution in [0.1, 0.15) is 29.9 Å². The average molecular weight is 203 g/mol. The monoisotopic (exact) mass is 203 g/mol. The van der Waals surface area contributed by atoms with Crippen molar-refractivity contribution in [3.05, 3.63) is 29.3 Å². The molecule has 0 aromatic heterocycles. The molecule has 2 rings (SSSR count). The van der Waals surface area contributed by atoms with Gasteiger partial charge in [0.2, 0.25) is 0 Å². The largest absolute Gasteiger partial charge is 0.198 e. The number of fused-ring (bicyclic) bond motifs is 1. The molecule has 0 saturated heterocycles. The van der Waals surface area contributed by atoms with Crippen molar-refractivity contribution in [2.75, 3.05) is 6.26 Å². The van der Waals surface area contributed by atoms with Gasteiger partial charge in [0.1, 0.15) is 0 Å². The van der Waals surface area contributed by atoms with Crippen molar-refractivity contribution in [2.24, 2.45) is 0 Å². The maximum atomic E-state index is 9.04. The van der Waals surface area contributed by atoms with E-state index in [9.17, 15) is 0 Å². The van der Waals surface area contributed by atoms with E-state index in [4.69, 9.17) is 5.26 Å². The van der Waals surface area contributed by atoms with Gasteiger partial charge in [0, 0.05) is 4.90 Å². The normalized spacial score (nSPS) is 19.9. The Hall–Kier alpha value is -0.940. The lowest BCUT2D eigenvalue weighted by Gasteiger charge is -2.22. The molecule has 1 nitrogen and oxygen atoms in total. The van der Waals surface area contributed by atoms with E-state index < -0.39 is 0 Å². The Morgan fingerprint density at radius 1 is 1.50 bits per heavy atom. The van der Waals surface area contributed by atoms with Crippen molar-refractivity contribution >= 4 is 11.8 Å². The van der Waals surface area contributed by atoms with E-state index in [1.54, 1.807) is 11.8 Å². The first-order valence-electron chi connectivity index (χ1n) is 4.92. The summed E-state index contributed by atoms with van der Waals surface area (Å²) in [4.78, 5) is 1.35. The Morgan fingerprint density at radius 2 is 2.36 bits per heavy atom. The number of rotatable bonds is 1. The molecule has 0 heterocycles. The van der Waals surface area contributed by atoms with Crippen molar-refractivity contribution in [1.29, 1.82) is 5.26 Å². The van der Waals surface area contributed by atoms with Gasteiger partial charge in [0.25, 0.3) is 0 Å². The zero-order chi connectivity index (χ0) is 9.97. The molecule has 1 aliphatic carbocycles. The van der Waals surface area contributed by atoms with Gasteiger partial charge < -0.3 is 0 Å². The van der Waals surface area contributed by atoms with Crippen LogP contribution in [0.15, 0.2) is 23.1 Å². The van der Waals surface area contributed by atoms with Crippen LogP contribution in [-0.2, 0) is 6.42 Å². The van der Waals surface area contributed by atoms with Crippen LogP contribution in [0.3, 0.4) is 0 Å². The molecule has 0 radical (unpaired) electrons. The van der Waals surface area contributed by atoms with E-state index >= 15 is 0 Å². The van der Waals surface area contributed by atoms with E-state index in [0.717, 1.165) is 19.3 Å². The van der Waals surface area contributed by atoms with Gasteiger partial charge in [-0.25, -0.2) is 0 Å². The molecule has 1 unspecified atom stereocenters. The first-order valence-corrected chi connectivity index (χ1v) is 6.14. The summed E-state index contributed by atoms with van der Waals surface area (Å²) in [6.45, 7) is 0. The summed E-state index contributed by atoms with van der Waals surface area (Å²) in [6.07, 6.45) is 5.43. The second kappa shape index (κ2) is 4.06. The lowest BCUT2D eigenvalue weighted by Crippen LogP contribution is -2.09. The summed E-state index contributed by atoms with van der Waals surface area (Å²) < 4.78 is 0. The maximum Gasteiger partial charge on any atom is 0.0715 e. The van der Waals surface area contributed by atoms with E-state index in [-0.39, 0.29) is 5.92 Å². The zero-order valence-corrected chi connectivity index (χ0v) is 9.10. The Kier molecular flexibility index (Phi) is 2.79. The number of hydrogen-bond acceptors (Lipinski definition) is 2. The SMILES string of the molecule is CSc1cccc2c1CCCC2C#N. The fraction of sp³-hybridized carbons (Fsp3) is 0.417. The van der Waals surface area contributed by atoms with Gasteiger partial charge in [0.05, 0.1) is 12.0 Å². The van der Waals surface area contributed by atoms with Crippen LogP contribution < -0.4 is 0 Å². The van der Waals surface area contributed by atoms with E-state index in [0.29, 0.717) is 0 Å². The topological polar surface area (TPSA) is 23.8 Å². The highest BCUT2D eigenvalue weighted by atomic mass is 32.2. The zero-order valence-electron chi connectivity index (χ0n) is 8.29. The smallest absolute Gasteiger partial charge is 0.0715 e. The standard InChI is InChI=1S/C12H13NS/c1-14-12-7-3-5-10-9(8-13)4-2-6-11(10)12/h3,5,7,9H,2,4,6H2,1H3. The Morgan fingerprint density at radius 3 is 3.07 bits per heavy atom. The third kappa shape index (κ3) is 1.53. The molecule has 72 valence electrons. The Balaban J connectivity index is 2.50. The quantitative estimate of drug-likeness (QED) is 0.653. The molecular formula is C12H13NS. The third-order valence-corrected chi connectivity index (χ3v) is 3.66. The molecule has 1 aromatic rings. The molecule has 0 N–H and O–H groups in total. The first-order chi connectivity index (χ1) is 6.86. The minimum Gasteiger partial charge on any atom is -0.198 e. The fourth-order valence-electron chi connectivity index (χ4n) is 2.14. The van der Waals surface area contributed by atoms with E-state index in [1.807, 2.05) is 0 Å². The van der Waals surface area contributed by atoms with Gasteiger partial charge >= 0.3 is 0 Å². The predicted octanol–water partition coefficient (Wildman–Crippen LogP) is 3.35. The first kappa shape index (κ1) is 9.61. The number of thioether (sulfide) groups is 1. The molecule has 14 heavy (non-hydrogen) atoms. The van der Waals surface area contributed by atoms with Gasteiger partial charge in [0.15, 0.2) is 0 Å². The van der Waals surface area contributed by atoms with Crippen molar-refractivity contribution < 1.29 is 0 Å². The lowest BCUT2D eigenvalue weighted by molar-refractivity contribution is 0.629. The van der Waals surface area contributed by atoms with Crippen molar-refractivity contribution in [2.45, 2.75) is 30.1 Å². The van der Waals surface area contributed by atoms with E-state index in [1.165, 1.54) is 16.0 Å². The molecule has 1 atom stereocenters. The predicted molar refractivity (Wildman–Crippen MR) is 59.5 cm³/mol. The molecular weight excluding hydrogens is 190 g/mol. The summed E-state index contributed by atoms with van der Waals surface area (Å²) in [7, 11) is 0. The second-order valence-corrected chi connectivity index (χ2v) is 4.45. The van der Waals surface area contributed by atoms with Gasteiger partial charge in [-0.15, -0.1) is 11.8 Å². The van der Waals surface area contributed by atoms with Crippen molar-refractivity contribution in [3.63, 3.8) is 0 Å². The van der Waals surface area contributed by atoms with Crippen LogP contribution in [0.5, 0.6) is 0 Å². The summed E-state index contributed by atoms with van der Waals surface area (Å²) in [5, 5.41) is 9.04. The lowest BCUT2D eigenvalue weighted by atomic mass is 9.84. The highest BCUT2D eigenvalue weighted by Crippen LogP contribution is 2.35. The molecule has 0 fully saturated rings. The molecule has 0 amide bonds. The van der Waals surface area contributed by atoms with Gasteiger partial charge in [-0.1, -0.05) is 12.1 Å². The number of benzene rings is 1. The molecule has 0 spiro atoms. The summed E-state index contributed by atoms with van der Waals surface area (Å²) in [5.41, 5.74) is 2.68. The van der Waals surface area contributed by atoms with Gasteiger partial charge in [-0.05, 0) is 42.7 Å². The van der Waals surface area contributed by atoms with Crippen molar-refractivity contribution in [3.8, 4) is 6.07 Å². The average Bonchev–Trinajstić information content (AvgIpc) is 2.27. The molecule has 0 saturated carbocycles. The Labute approximate surface area is 89.1 Å². The molecule has 1 aromatic carbocycles. The molecule has 0 aliphatic heterocycles. The second-order valence-electron chi connectivity index (χ2n) is 3.60. The molecule has 2 heteroatoms. The Bertz CT molecular complexity index is 378. The molecule has 1 aliphatic rings. The number of hydrogen-bond donors (Lipinski definition) is 0. The van der Waals surface area contributed by atoms with Crippen LogP contribution in [0.2, 0.25) is 0 Å². The minimum absolute atomic E-state index is 0.130. The van der Waals surface area contributed by atoms with Crippen LogP contribution in [0.4, 0.5) is 0 Å². The summed E-state index contributed by atoms with van der Waals surface area (Å²) in [6, 6.07) is 8.74. The number of nitriles is 1. The van der Waals surface area contributed by atoms with Crippen LogP contribution in [0, 0.1) is 11.3 Å². The summed E-state index contributed by atoms with van der Waals surface area (Å²) >= 11 is 1.79. The number of nitrogens with zero attached hydrogens (tertiary/aromatic N) is 1. The molecule has 0 bridgehead atoms. The van der Waals surface area contributed by atoms with Crippen LogP contribution in [0.25, 0.3) is 0 Å². The van der Waals surface area contributed by atoms with Gasteiger partial charge in [-0.2, -0.15) is 5.26 Å². The van der Waals surface area contributed by atoms with Crippen LogP contribution in [-0.4, -0.2) is 6.26 Å². The van der Waals surface area contributed by atoms with Gasteiger partial charge in [-0.3, -0.25) is 0 Å². The maximum absolute atomic E-state index is 9.04. The van der Waals surface area contributed by atoms with E-state index in [2.05, 4.69) is 30.5 Å². The fourth-order valence-corrected chi connectivity index (χ4v) is 2.82. The minimum atomic E-state index is 0.130. The highest BCUT2D eigenvalue weighted by Gasteiger charge is 2.21. The third-order valence-electron chi connectivity index (χ3n) is 2.84. The summed E-state index contributed by atoms with van der Waals surface area (Å²) in [5.74, 6) is 0.130. The van der Waals surface area contributed by atoms with Crippen LogP contribution >= 0.6 is 11.8 Å². The highest BCUT2D eigenvalue weighted by molar-refractivity contribution is 7.98.